The Balaban J connectivity index is 0.000000439. The van der Waals surface area contributed by atoms with E-state index < -0.39 is 0 Å². The van der Waals surface area contributed by atoms with E-state index in [1.807, 2.05) is 4.90 Å². The first-order valence-electron chi connectivity index (χ1n) is 11.2. The van der Waals surface area contributed by atoms with Gasteiger partial charge in [0.05, 0.1) is 25.3 Å². The fourth-order valence-electron chi connectivity index (χ4n) is 3.31. The van der Waals surface area contributed by atoms with E-state index in [-0.39, 0.29) is 18.6 Å². The molecule has 0 unspecified atom stereocenters. The number of aliphatic hydroxyl groups excluding tert-OH is 1. The van der Waals surface area contributed by atoms with Crippen molar-refractivity contribution in [1.82, 2.24) is 10.2 Å². The second-order valence-electron chi connectivity index (χ2n) is 7.63. The average Bonchev–Trinajstić information content (AvgIpc) is 3.28. The van der Waals surface area contributed by atoms with Crippen LogP contribution in [0.5, 0.6) is 0 Å². The summed E-state index contributed by atoms with van der Waals surface area (Å²) in [5, 5.41) is 11.1. The fourth-order valence-corrected chi connectivity index (χ4v) is 3.31. The number of rotatable bonds is 10. The van der Waals surface area contributed by atoms with E-state index in [1.54, 1.807) is 7.11 Å². The van der Waals surface area contributed by atoms with Crippen molar-refractivity contribution in [3.8, 4) is 0 Å². The van der Waals surface area contributed by atoms with Crippen molar-refractivity contribution in [3.05, 3.63) is 0 Å². The number of methoxy groups -OCH3 is 1. The van der Waals surface area contributed by atoms with Gasteiger partial charge in [-0.3, -0.25) is 9.59 Å². The molecule has 2 rings (SSSR count). The van der Waals surface area contributed by atoms with Crippen LogP contribution in [0.3, 0.4) is 0 Å². The van der Waals surface area contributed by atoms with Crippen LogP contribution in [-0.2, 0) is 14.3 Å². The number of carbonyl (C=O) groups is 2. The molecule has 0 radical (unpaired) electrons. The molecule has 2 aliphatic rings. The Morgan fingerprint density at radius 2 is 1.61 bits per heavy atom. The predicted octanol–water partition coefficient (Wildman–Crippen LogP) is 3.66. The minimum Gasteiger partial charge on any atom is -0.394 e. The molecule has 6 heteroatoms. The summed E-state index contributed by atoms with van der Waals surface area (Å²) in [6.07, 6.45) is 12.1. The molecule has 2 amide bonds. The number of ether oxygens (including phenoxy) is 1. The van der Waals surface area contributed by atoms with Gasteiger partial charge in [-0.05, 0) is 19.3 Å². The van der Waals surface area contributed by atoms with Crippen molar-refractivity contribution in [1.29, 1.82) is 0 Å². The van der Waals surface area contributed by atoms with E-state index in [0.29, 0.717) is 31.4 Å². The molecule has 0 aliphatic carbocycles. The zero-order chi connectivity index (χ0) is 21.2. The number of amides is 2. The van der Waals surface area contributed by atoms with E-state index in [0.717, 1.165) is 25.8 Å². The lowest BCUT2D eigenvalue weighted by Crippen LogP contribution is -2.36. The molecular formula is C22H44N2O4. The summed E-state index contributed by atoms with van der Waals surface area (Å²) in [6, 6.07) is 0.367. The number of aliphatic hydroxyl groups is 1. The molecule has 28 heavy (non-hydrogen) atoms. The first-order valence-corrected chi connectivity index (χ1v) is 11.2. The van der Waals surface area contributed by atoms with Gasteiger partial charge in [0.1, 0.15) is 0 Å². The minimum atomic E-state index is 0.0301. The lowest BCUT2D eigenvalue weighted by Gasteiger charge is -2.24. The van der Waals surface area contributed by atoms with Gasteiger partial charge in [0.2, 0.25) is 11.8 Å². The maximum absolute atomic E-state index is 11.5. The number of hydrogen-bond donors (Lipinski definition) is 2. The fraction of sp³-hybridized carbons (Fsp3) is 0.909. The van der Waals surface area contributed by atoms with Crippen LogP contribution in [0, 0.1) is 0 Å². The van der Waals surface area contributed by atoms with Crippen molar-refractivity contribution < 1.29 is 19.4 Å². The van der Waals surface area contributed by atoms with Crippen LogP contribution in [0.4, 0.5) is 0 Å². The topological polar surface area (TPSA) is 78.9 Å². The first-order chi connectivity index (χ1) is 13.5. The van der Waals surface area contributed by atoms with Gasteiger partial charge >= 0.3 is 0 Å². The monoisotopic (exact) mass is 400 g/mol. The number of carbonyl (C=O) groups excluding carboxylic acids is 2. The van der Waals surface area contributed by atoms with Crippen molar-refractivity contribution in [2.75, 3.05) is 26.9 Å². The molecule has 2 heterocycles. The van der Waals surface area contributed by atoms with E-state index in [2.05, 4.69) is 26.1 Å². The Kier molecular flexibility index (Phi) is 17.2. The molecule has 0 bridgehead atoms. The Bertz CT molecular complexity index is 400. The van der Waals surface area contributed by atoms with Gasteiger partial charge in [-0.25, -0.2) is 0 Å². The van der Waals surface area contributed by atoms with E-state index in [9.17, 15) is 9.59 Å². The van der Waals surface area contributed by atoms with Gasteiger partial charge in [0.15, 0.2) is 0 Å². The molecule has 6 nitrogen and oxygen atoms in total. The second kappa shape index (κ2) is 17.9. The van der Waals surface area contributed by atoms with Crippen LogP contribution in [0.15, 0.2) is 0 Å². The van der Waals surface area contributed by atoms with Gasteiger partial charge in [-0.2, -0.15) is 0 Å². The molecule has 2 N–H and O–H groups in total. The highest BCUT2D eigenvalue weighted by molar-refractivity contribution is 5.79. The number of unbranched alkanes of at least 4 members (excludes halogenated alkanes) is 5. The molecule has 2 saturated heterocycles. The first kappa shape index (κ1) is 26.9. The summed E-state index contributed by atoms with van der Waals surface area (Å²) in [6.45, 7) is 8.33. The van der Waals surface area contributed by atoms with Crippen LogP contribution < -0.4 is 5.32 Å². The SMILES string of the molecule is CCCCCC.CCCCCN1C(=O)CC[C@@H]1COC.O=C1CC[C@H](CO)N1. The van der Waals surface area contributed by atoms with E-state index in [1.165, 1.54) is 38.5 Å². The highest BCUT2D eigenvalue weighted by atomic mass is 16.5. The molecule has 0 aromatic heterocycles. The quantitative estimate of drug-likeness (QED) is 0.549. The Morgan fingerprint density at radius 3 is 2.04 bits per heavy atom. The van der Waals surface area contributed by atoms with Crippen LogP contribution >= 0.6 is 0 Å². The Hall–Kier alpha value is -1.14. The van der Waals surface area contributed by atoms with Gasteiger partial charge in [-0.1, -0.05) is 59.3 Å². The third-order valence-electron chi connectivity index (χ3n) is 5.08. The molecule has 0 saturated carbocycles. The smallest absolute Gasteiger partial charge is 0.222 e. The van der Waals surface area contributed by atoms with Crippen LogP contribution in [-0.4, -0.2) is 60.8 Å². The molecule has 0 aromatic carbocycles. The van der Waals surface area contributed by atoms with Crippen molar-refractivity contribution in [3.63, 3.8) is 0 Å². The zero-order valence-electron chi connectivity index (χ0n) is 18.7. The number of nitrogens with one attached hydrogen (secondary N) is 1. The molecule has 0 spiro atoms. The molecule has 166 valence electrons. The van der Waals surface area contributed by atoms with Gasteiger partial charge in [-0.15, -0.1) is 0 Å². The maximum atomic E-state index is 11.5. The largest absolute Gasteiger partial charge is 0.394 e. The summed E-state index contributed by atoms with van der Waals surface area (Å²) in [4.78, 5) is 23.9. The highest BCUT2D eigenvalue weighted by Gasteiger charge is 2.29. The zero-order valence-corrected chi connectivity index (χ0v) is 18.7. The molecule has 2 aliphatic heterocycles. The van der Waals surface area contributed by atoms with E-state index in [4.69, 9.17) is 9.84 Å². The third-order valence-corrected chi connectivity index (χ3v) is 5.08. The second-order valence-corrected chi connectivity index (χ2v) is 7.63. The number of nitrogens with zero attached hydrogens (tertiary/aromatic N) is 1. The molecular weight excluding hydrogens is 356 g/mol. The standard InChI is InChI=1S/C11H21NO2.C6H14.C5H9NO2/c1-3-4-5-8-12-10(9-14-2)6-7-11(12)13;1-3-5-6-4-2;7-3-4-1-2-5(8)6-4/h10H,3-9H2,1-2H3;3-6H2,1-2H3;4,7H,1-3H2,(H,6,8)/t10-;;4-/m1.1/s1. The minimum absolute atomic E-state index is 0.0301. The van der Waals surface area contributed by atoms with Crippen LogP contribution in [0.25, 0.3) is 0 Å². The lowest BCUT2D eigenvalue weighted by atomic mass is 10.2. The van der Waals surface area contributed by atoms with Crippen molar-refractivity contribution in [2.45, 2.75) is 103 Å². The third kappa shape index (κ3) is 12.3. The lowest BCUT2D eigenvalue weighted by molar-refractivity contribution is -0.129. The van der Waals surface area contributed by atoms with Gasteiger partial charge < -0.3 is 20.1 Å². The number of hydrogen-bond acceptors (Lipinski definition) is 4. The summed E-state index contributed by atoms with van der Waals surface area (Å²) in [5.74, 6) is 0.368. The van der Waals surface area contributed by atoms with Crippen LogP contribution in [0.2, 0.25) is 0 Å². The molecule has 0 aromatic rings. The summed E-state index contributed by atoms with van der Waals surface area (Å²) < 4.78 is 5.12. The van der Waals surface area contributed by atoms with Gasteiger partial charge in [0.25, 0.3) is 0 Å². The molecule has 2 atom stereocenters. The van der Waals surface area contributed by atoms with Crippen LogP contribution in [0.1, 0.15) is 91.4 Å². The normalized spacial score (nSPS) is 21.0. The Morgan fingerprint density at radius 1 is 1.00 bits per heavy atom. The highest BCUT2D eigenvalue weighted by Crippen LogP contribution is 2.19. The van der Waals surface area contributed by atoms with Gasteiger partial charge in [0, 0.05) is 26.5 Å². The molecule has 2 fully saturated rings. The maximum Gasteiger partial charge on any atom is 0.222 e. The predicted molar refractivity (Wildman–Crippen MR) is 114 cm³/mol. The summed E-state index contributed by atoms with van der Waals surface area (Å²) in [7, 11) is 1.70. The average molecular weight is 401 g/mol. The van der Waals surface area contributed by atoms with E-state index >= 15 is 0 Å². The number of likely N-dealkylation sites (tertiary alicyclic amines) is 1. The summed E-state index contributed by atoms with van der Waals surface area (Å²) in [5.41, 5.74) is 0. The van der Waals surface area contributed by atoms with Crippen molar-refractivity contribution in [2.24, 2.45) is 0 Å². The Labute approximate surface area is 172 Å². The summed E-state index contributed by atoms with van der Waals surface area (Å²) >= 11 is 0. The van der Waals surface area contributed by atoms with Crippen molar-refractivity contribution >= 4 is 11.8 Å².